The minimum absolute atomic E-state index is 0.0524. The molecule has 0 saturated heterocycles. The van der Waals surface area contributed by atoms with Gasteiger partial charge in [0.2, 0.25) is 10.0 Å². The van der Waals surface area contributed by atoms with Crippen LogP contribution >= 0.6 is 0 Å². The maximum absolute atomic E-state index is 12.6. The molecule has 0 bridgehead atoms. The van der Waals surface area contributed by atoms with Gasteiger partial charge >= 0.3 is 5.97 Å². The quantitative estimate of drug-likeness (QED) is 0.530. The molecule has 3 aromatic rings. The van der Waals surface area contributed by atoms with Crippen molar-refractivity contribution in [3.8, 4) is 11.1 Å². The highest BCUT2D eigenvalue weighted by Crippen LogP contribution is 2.23. The number of nitrogens with zero attached hydrogens (tertiary/aromatic N) is 1. The predicted octanol–water partition coefficient (Wildman–Crippen LogP) is 4.10. The third-order valence-electron chi connectivity index (χ3n) is 5.13. The summed E-state index contributed by atoms with van der Waals surface area (Å²) in [5.41, 5.74) is 3.32. The van der Waals surface area contributed by atoms with Gasteiger partial charge < -0.3 is 10.1 Å². The maximum Gasteiger partial charge on any atom is 0.338 e. The van der Waals surface area contributed by atoms with E-state index < -0.39 is 28.0 Å². The lowest BCUT2D eigenvalue weighted by Gasteiger charge is -2.17. The Morgan fingerprint density at radius 1 is 0.909 bits per heavy atom. The van der Waals surface area contributed by atoms with E-state index in [4.69, 9.17) is 4.74 Å². The lowest BCUT2D eigenvalue weighted by Crippen LogP contribution is -2.30. The van der Waals surface area contributed by atoms with Gasteiger partial charge in [-0.05, 0) is 54.8 Å². The van der Waals surface area contributed by atoms with Gasteiger partial charge in [-0.15, -0.1) is 0 Å². The van der Waals surface area contributed by atoms with Gasteiger partial charge in [0, 0.05) is 19.8 Å². The smallest absolute Gasteiger partial charge is 0.338 e. The zero-order valence-electron chi connectivity index (χ0n) is 18.9. The average molecular weight is 467 g/mol. The van der Waals surface area contributed by atoms with Gasteiger partial charge in [0.1, 0.15) is 0 Å². The van der Waals surface area contributed by atoms with Gasteiger partial charge in [-0.2, -0.15) is 0 Å². The molecule has 1 amide bonds. The Morgan fingerprint density at radius 2 is 1.52 bits per heavy atom. The van der Waals surface area contributed by atoms with Crippen molar-refractivity contribution < 1.29 is 22.7 Å². The van der Waals surface area contributed by atoms with Gasteiger partial charge in [0.15, 0.2) is 6.10 Å². The lowest BCUT2D eigenvalue weighted by molar-refractivity contribution is -0.123. The van der Waals surface area contributed by atoms with Crippen LogP contribution in [0.25, 0.3) is 11.1 Å². The third kappa shape index (κ3) is 5.66. The minimum atomic E-state index is -3.65. The Hall–Kier alpha value is -3.49. The molecule has 0 saturated carbocycles. The number of carbonyl (C=O) groups is 2. The Kier molecular flexibility index (Phi) is 7.30. The minimum Gasteiger partial charge on any atom is -0.449 e. The van der Waals surface area contributed by atoms with E-state index in [-0.39, 0.29) is 4.90 Å². The van der Waals surface area contributed by atoms with Crippen LogP contribution in [-0.4, -0.2) is 44.8 Å². The molecule has 3 aromatic carbocycles. The number of ether oxygens (including phenoxy) is 1. The number of anilines is 1. The number of esters is 1. The van der Waals surface area contributed by atoms with Crippen LogP contribution in [0.2, 0.25) is 0 Å². The van der Waals surface area contributed by atoms with Crippen LogP contribution in [0.3, 0.4) is 0 Å². The Balaban J connectivity index is 1.68. The second-order valence-corrected chi connectivity index (χ2v) is 9.90. The highest BCUT2D eigenvalue weighted by atomic mass is 32.2. The lowest BCUT2D eigenvalue weighted by atomic mass is 10.0. The van der Waals surface area contributed by atoms with Gasteiger partial charge in [-0.25, -0.2) is 17.5 Å². The van der Waals surface area contributed by atoms with Gasteiger partial charge in [0.25, 0.3) is 5.91 Å². The van der Waals surface area contributed by atoms with Gasteiger partial charge in [-0.1, -0.05) is 48.5 Å². The molecule has 3 rings (SSSR count). The van der Waals surface area contributed by atoms with Crippen LogP contribution in [0, 0.1) is 6.92 Å². The largest absolute Gasteiger partial charge is 0.449 e. The van der Waals surface area contributed by atoms with Crippen molar-refractivity contribution in [1.82, 2.24) is 4.31 Å². The Morgan fingerprint density at radius 3 is 2.12 bits per heavy atom. The molecule has 172 valence electrons. The van der Waals surface area contributed by atoms with Crippen LogP contribution in [0.15, 0.2) is 77.7 Å². The summed E-state index contributed by atoms with van der Waals surface area (Å²) in [6, 6.07) is 21.1. The van der Waals surface area contributed by atoms with E-state index in [9.17, 15) is 18.0 Å². The van der Waals surface area contributed by atoms with Crippen molar-refractivity contribution in [3.63, 3.8) is 0 Å². The molecule has 33 heavy (non-hydrogen) atoms. The topological polar surface area (TPSA) is 92.8 Å². The van der Waals surface area contributed by atoms with E-state index in [1.54, 1.807) is 25.1 Å². The van der Waals surface area contributed by atoms with Crippen molar-refractivity contribution in [1.29, 1.82) is 0 Å². The molecule has 8 heteroatoms. The van der Waals surface area contributed by atoms with Crippen LogP contribution in [0.4, 0.5) is 5.69 Å². The summed E-state index contributed by atoms with van der Waals surface area (Å²) in [6.45, 7) is 3.20. The van der Waals surface area contributed by atoms with E-state index in [1.807, 2.05) is 42.5 Å². The average Bonchev–Trinajstić information content (AvgIpc) is 2.80. The molecule has 0 aliphatic rings. The first-order valence-electron chi connectivity index (χ1n) is 10.3. The zero-order valence-corrected chi connectivity index (χ0v) is 19.7. The van der Waals surface area contributed by atoms with Crippen molar-refractivity contribution >= 4 is 27.6 Å². The van der Waals surface area contributed by atoms with Gasteiger partial charge in [0.05, 0.1) is 10.5 Å². The molecule has 7 nitrogen and oxygen atoms in total. The van der Waals surface area contributed by atoms with Crippen molar-refractivity contribution in [2.45, 2.75) is 24.8 Å². The van der Waals surface area contributed by atoms with E-state index >= 15 is 0 Å². The van der Waals surface area contributed by atoms with Crippen molar-refractivity contribution in [2.24, 2.45) is 0 Å². The highest BCUT2D eigenvalue weighted by molar-refractivity contribution is 7.89. The van der Waals surface area contributed by atoms with Crippen molar-refractivity contribution in [3.05, 3.63) is 83.9 Å². The number of rotatable bonds is 7. The molecule has 1 unspecified atom stereocenters. The number of carbonyl (C=O) groups excluding carboxylic acids is 2. The first-order valence-corrected chi connectivity index (χ1v) is 11.7. The number of amides is 1. The molecule has 0 fully saturated rings. The number of nitrogens with one attached hydrogen (secondary N) is 1. The molecule has 0 aromatic heterocycles. The fourth-order valence-electron chi connectivity index (χ4n) is 3.05. The van der Waals surface area contributed by atoms with E-state index in [0.29, 0.717) is 16.8 Å². The zero-order chi connectivity index (χ0) is 24.2. The summed E-state index contributed by atoms with van der Waals surface area (Å²) in [6.07, 6.45) is -1.08. The number of aryl methyl sites for hydroxylation is 1. The Labute approximate surface area is 194 Å². The summed E-state index contributed by atoms with van der Waals surface area (Å²) in [7, 11) is -0.790. The molecule has 1 atom stereocenters. The standard InChI is InChI=1S/C25H26N2O5S/c1-17-10-15-22(33(30,31)27(3)4)16-23(17)26-24(28)18(2)32-25(29)21-13-11-20(12-14-21)19-8-6-5-7-9-19/h5-16,18H,1-4H3,(H,26,28). The molecule has 0 radical (unpaired) electrons. The molecule has 0 aliphatic carbocycles. The normalized spacial score (nSPS) is 12.3. The van der Waals surface area contributed by atoms with Crippen LogP contribution in [-0.2, 0) is 19.6 Å². The number of benzene rings is 3. The van der Waals surface area contributed by atoms with Crippen LogP contribution in [0.5, 0.6) is 0 Å². The van der Waals surface area contributed by atoms with Crippen molar-refractivity contribution in [2.75, 3.05) is 19.4 Å². The SMILES string of the molecule is Cc1ccc(S(=O)(=O)N(C)C)cc1NC(=O)C(C)OC(=O)c1ccc(-c2ccccc2)cc1. The number of sulfonamides is 1. The summed E-state index contributed by atoms with van der Waals surface area (Å²) >= 11 is 0. The summed E-state index contributed by atoms with van der Waals surface area (Å²) < 4.78 is 31.2. The van der Waals surface area contributed by atoms with Crippen LogP contribution < -0.4 is 5.32 Å². The fraction of sp³-hybridized carbons (Fsp3) is 0.200. The van der Waals surface area contributed by atoms with Crippen LogP contribution in [0.1, 0.15) is 22.8 Å². The summed E-state index contributed by atoms with van der Waals surface area (Å²) in [4.78, 5) is 25.2. The number of hydrogen-bond donors (Lipinski definition) is 1. The summed E-state index contributed by atoms with van der Waals surface area (Å²) in [5, 5.41) is 2.65. The van der Waals surface area contributed by atoms with Gasteiger partial charge in [-0.3, -0.25) is 4.79 Å². The molecular formula is C25H26N2O5S. The maximum atomic E-state index is 12.6. The highest BCUT2D eigenvalue weighted by Gasteiger charge is 2.22. The Bertz CT molecular complexity index is 1250. The molecular weight excluding hydrogens is 440 g/mol. The van der Waals surface area contributed by atoms with E-state index in [0.717, 1.165) is 15.4 Å². The second kappa shape index (κ2) is 9.97. The number of hydrogen-bond acceptors (Lipinski definition) is 5. The second-order valence-electron chi connectivity index (χ2n) is 7.74. The molecule has 0 aliphatic heterocycles. The first kappa shape index (κ1) is 24.2. The van der Waals surface area contributed by atoms with E-state index in [1.165, 1.54) is 33.2 Å². The monoisotopic (exact) mass is 466 g/mol. The third-order valence-corrected chi connectivity index (χ3v) is 6.94. The first-order chi connectivity index (χ1) is 15.6. The predicted molar refractivity (Wildman–Crippen MR) is 127 cm³/mol. The summed E-state index contributed by atoms with van der Waals surface area (Å²) in [5.74, 6) is -1.19. The molecule has 1 N–H and O–H groups in total. The van der Waals surface area contributed by atoms with E-state index in [2.05, 4.69) is 5.32 Å². The fourth-order valence-corrected chi connectivity index (χ4v) is 3.98. The molecule has 0 spiro atoms. The molecule has 0 heterocycles.